The van der Waals surface area contributed by atoms with Gasteiger partial charge in [-0.25, -0.2) is 0 Å². The fraction of sp³-hybridized carbons (Fsp3) is 0.455. The zero-order chi connectivity index (χ0) is 11.5. The predicted molar refractivity (Wildman–Crippen MR) is 57.0 cm³/mol. The van der Waals surface area contributed by atoms with Crippen LogP contribution in [0.25, 0.3) is 0 Å². The number of ether oxygens (including phenoxy) is 1. The van der Waals surface area contributed by atoms with Crippen molar-refractivity contribution in [3.63, 3.8) is 0 Å². The van der Waals surface area contributed by atoms with E-state index in [1.165, 1.54) is 7.11 Å². The Hall–Kier alpha value is -1.42. The number of carbonyl (C=O) groups is 1. The summed E-state index contributed by atoms with van der Waals surface area (Å²) in [6.45, 7) is 3.52. The lowest BCUT2D eigenvalue weighted by Crippen LogP contribution is -2.37. The van der Waals surface area contributed by atoms with Crippen molar-refractivity contribution >= 4 is 5.97 Å². The molecule has 0 saturated heterocycles. The van der Waals surface area contributed by atoms with E-state index in [0.29, 0.717) is 0 Å². The van der Waals surface area contributed by atoms with Crippen LogP contribution in [0.4, 0.5) is 0 Å². The van der Waals surface area contributed by atoms with Gasteiger partial charge >= 0.3 is 5.97 Å². The molecule has 82 valence electrons. The lowest BCUT2D eigenvalue weighted by atomic mass is 9.81. The molecule has 1 aromatic heterocycles. The number of nitrogens with two attached hydrogens (primary N) is 1. The third-order valence-corrected chi connectivity index (χ3v) is 2.53. The normalized spacial score (nSPS) is 13.3. The number of nitrogens with zero attached hydrogens (tertiary/aromatic N) is 1. The number of esters is 1. The Bertz CT molecular complexity index is 336. The number of carbonyl (C=O) groups excluding carboxylic acids is 1. The molecule has 1 heterocycles. The Morgan fingerprint density at radius 3 is 2.73 bits per heavy atom. The highest BCUT2D eigenvalue weighted by atomic mass is 16.5. The van der Waals surface area contributed by atoms with Gasteiger partial charge in [-0.05, 0) is 25.5 Å². The summed E-state index contributed by atoms with van der Waals surface area (Å²) in [5.41, 5.74) is 6.08. The molecule has 1 atom stereocenters. The monoisotopic (exact) mass is 208 g/mol. The standard InChI is InChI=1S/C11H16N2O2/c1-11(2,10(14)15-3)9(12)8-5-4-6-13-7-8/h4-7,9H,12H2,1-3H3. The summed E-state index contributed by atoms with van der Waals surface area (Å²) in [6, 6.07) is 3.23. The van der Waals surface area contributed by atoms with E-state index in [1.807, 2.05) is 6.07 Å². The van der Waals surface area contributed by atoms with Crippen molar-refractivity contribution in [1.29, 1.82) is 0 Å². The van der Waals surface area contributed by atoms with Crippen LogP contribution in [-0.2, 0) is 9.53 Å². The minimum absolute atomic E-state index is 0.321. The molecule has 0 spiro atoms. The number of hydrogen-bond acceptors (Lipinski definition) is 4. The van der Waals surface area contributed by atoms with Crippen molar-refractivity contribution < 1.29 is 9.53 Å². The van der Waals surface area contributed by atoms with E-state index >= 15 is 0 Å². The molecular formula is C11H16N2O2. The first kappa shape index (κ1) is 11.7. The molecule has 0 amide bonds. The van der Waals surface area contributed by atoms with Gasteiger partial charge in [0.15, 0.2) is 0 Å². The van der Waals surface area contributed by atoms with Crippen molar-refractivity contribution in [2.24, 2.45) is 11.1 Å². The number of hydrogen-bond donors (Lipinski definition) is 1. The molecule has 4 heteroatoms. The molecule has 1 unspecified atom stereocenters. The average molecular weight is 208 g/mol. The highest BCUT2D eigenvalue weighted by Gasteiger charge is 2.36. The molecule has 0 fully saturated rings. The molecule has 0 saturated carbocycles. The third-order valence-electron chi connectivity index (χ3n) is 2.53. The van der Waals surface area contributed by atoms with Crippen LogP contribution in [0.15, 0.2) is 24.5 Å². The Morgan fingerprint density at radius 1 is 1.60 bits per heavy atom. The van der Waals surface area contributed by atoms with Gasteiger partial charge < -0.3 is 10.5 Å². The van der Waals surface area contributed by atoms with Crippen molar-refractivity contribution in [1.82, 2.24) is 4.98 Å². The van der Waals surface area contributed by atoms with Gasteiger partial charge in [0.25, 0.3) is 0 Å². The van der Waals surface area contributed by atoms with E-state index in [-0.39, 0.29) is 5.97 Å². The average Bonchev–Trinajstić information content (AvgIpc) is 2.28. The first-order chi connectivity index (χ1) is 7.00. The van der Waals surface area contributed by atoms with Gasteiger partial charge in [0.05, 0.1) is 12.5 Å². The van der Waals surface area contributed by atoms with Crippen molar-refractivity contribution in [2.45, 2.75) is 19.9 Å². The van der Waals surface area contributed by atoms with E-state index in [1.54, 1.807) is 32.3 Å². The Balaban J connectivity index is 2.94. The van der Waals surface area contributed by atoms with Crippen molar-refractivity contribution in [3.05, 3.63) is 30.1 Å². The molecule has 4 nitrogen and oxygen atoms in total. The molecule has 1 rings (SSSR count). The first-order valence-corrected chi connectivity index (χ1v) is 4.74. The van der Waals surface area contributed by atoms with E-state index in [2.05, 4.69) is 4.98 Å². The van der Waals surface area contributed by atoms with Crippen LogP contribution >= 0.6 is 0 Å². The van der Waals surface area contributed by atoms with E-state index < -0.39 is 11.5 Å². The van der Waals surface area contributed by atoms with E-state index in [9.17, 15) is 4.79 Å². The molecule has 2 N–H and O–H groups in total. The first-order valence-electron chi connectivity index (χ1n) is 4.74. The summed E-state index contributed by atoms with van der Waals surface area (Å²) in [6.07, 6.45) is 3.33. The van der Waals surface area contributed by atoms with Gasteiger partial charge in [0, 0.05) is 18.4 Å². The fourth-order valence-corrected chi connectivity index (χ4v) is 1.37. The van der Waals surface area contributed by atoms with Crippen LogP contribution in [0.1, 0.15) is 25.5 Å². The summed E-state index contributed by atoms with van der Waals surface area (Å²) in [7, 11) is 1.36. The summed E-state index contributed by atoms with van der Waals surface area (Å²) in [5.74, 6) is -0.321. The predicted octanol–water partition coefficient (Wildman–Crippen LogP) is 1.28. The SMILES string of the molecule is COC(=O)C(C)(C)C(N)c1cccnc1. The number of rotatable bonds is 3. The van der Waals surface area contributed by atoms with Gasteiger partial charge in [-0.2, -0.15) is 0 Å². The third kappa shape index (κ3) is 2.33. The minimum Gasteiger partial charge on any atom is -0.469 e. The summed E-state index contributed by atoms with van der Waals surface area (Å²) < 4.78 is 4.72. The topological polar surface area (TPSA) is 65.2 Å². The molecule has 0 bridgehead atoms. The van der Waals surface area contributed by atoms with E-state index in [0.717, 1.165) is 5.56 Å². The van der Waals surface area contributed by atoms with Crippen LogP contribution < -0.4 is 5.73 Å². The Kier molecular flexibility index (Phi) is 3.42. The van der Waals surface area contributed by atoms with Crippen LogP contribution in [0.2, 0.25) is 0 Å². The van der Waals surface area contributed by atoms with Crippen LogP contribution in [0.3, 0.4) is 0 Å². The minimum atomic E-state index is -0.752. The molecule has 0 aromatic carbocycles. The van der Waals surface area contributed by atoms with Gasteiger partial charge in [-0.1, -0.05) is 6.07 Å². The van der Waals surface area contributed by atoms with E-state index in [4.69, 9.17) is 10.5 Å². The molecule has 15 heavy (non-hydrogen) atoms. The Morgan fingerprint density at radius 2 is 2.27 bits per heavy atom. The summed E-state index contributed by atoms with van der Waals surface area (Å²) in [4.78, 5) is 15.5. The van der Waals surface area contributed by atoms with Gasteiger partial charge in [0.1, 0.15) is 0 Å². The smallest absolute Gasteiger partial charge is 0.313 e. The zero-order valence-electron chi connectivity index (χ0n) is 9.23. The second kappa shape index (κ2) is 4.40. The largest absolute Gasteiger partial charge is 0.469 e. The maximum atomic E-state index is 11.5. The summed E-state index contributed by atoms with van der Waals surface area (Å²) in [5, 5.41) is 0. The molecule has 0 radical (unpaired) electrons. The molecular weight excluding hydrogens is 192 g/mol. The fourth-order valence-electron chi connectivity index (χ4n) is 1.37. The molecule has 1 aromatic rings. The van der Waals surface area contributed by atoms with Crippen LogP contribution in [0.5, 0.6) is 0 Å². The highest BCUT2D eigenvalue weighted by molar-refractivity contribution is 5.77. The zero-order valence-corrected chi connectivity index (χ0v) is 9.23. The van der Waals surface area contributed by atoms with Crippen LogP contribution in [-0.4, -0.2) is 18.1 Å². The Labute approximate surface area is 89.5 Å². The van der Waals surface area contributed by atoms with Crippen LogP contribution in [0, 0.1) is 5.41 Å². The van der Waals surface area contributed by atoms with Gasteiger partial charge in [-0.3, -0.25) is 9.78 Å². The number of aromatic nitrogens is 1. The van der Waals surface area contributed by atoms with Crippen molar-refractivity contribution in [3.8, 4) is 0 Å². The second-order valence-corrected chi connectivity index (χ2v) is 3.98. The molecule has 0 aliphatic carbocycles. The molecule has 0 aliphatic heterocycles. The maximum absolute atomic E-state index is 11.5. The lowest BCUT2D eigenvalue weighted by molar-refractivity contribution is -0.152. The van der Waals surface area contributed by atoms with Crippen molar-refractivity contribution in [2.75, 3.05) is 7.11 Å². The lowest BCUT2D eigenvalue weighted by Gasteiger charge is -2.28. The number of methoxy groups -OCH3 is 1. The second-order valence-electron chi connectivity index (χ2n) is 3.98. The maximum Gasteiger partial charge on any atom is 0.313 e. The molecule has 0 aliphatic rings. The quantitative estimate of drug-likeness (QED) is 0.760. The van der Waals surface area contributed by atoms with Gasteiger partial charge in [-0.15, -0.1) is 0 Å². The summed E-state index contributed by atoms with van der Waals surface area (Å²) >= 11 is 0. The van der Waals surface area contributed by atoms with Gasteiger partial charge in [0.2, 0.25) is 0 Å². The number of pyridine rings is 1. The highest BCUT2D eigenvalue weighted by Crippen LogP contribution is 2.31.